The Bertz CT molecular complexity index is 384. The van der Waals surface area contributed by atoms with Gasteiger partial charge in [0.25, 0.3) is 0 Å². The Kier molecular flexibility index (Phi) is 4.25. The smallest absolute Gasteiger partial charge is 0.179 e. The number of carbonyl (C=O) groups excluding carboxylic acids is 1. The van der Waals surface area contributed by atoms with Gasteiger partial charge in [0.1, 0.15) is 0 Å². The highest BCUT2D eigenvalue weighted by molar-refractivity contribution is 6.00. The molecule has 88 valence electrons. The lowest BCUT2D eigenvalue weighted by molar-refractivity contribution is 0.0873. The van der Waals surface area contributed by atoms with Gasteiger partial charge in [0.2, 0.25) is 0 Å². The highest BCUT2D eigenvalue weighted by Crippen LogP contribution is 2.13. The Hall–Kier alpha value is -1.15. The molecule has 0 spiro atoms. The highest BCUT2D eigenvalue weighted by atomic mass is 16.1. The Morgan fingerprint density at radius 2 is 1.94 bits per heavy atom. The van der Waals surface area contributed by atoms with E-state index >= 15 is 0 Å². The molecule has 1 unspecified atom stereocenters. The summed E-state index contributed by atoms with van der Waals surface area (Å²) < 4.78 is 0. The summed E-state index contributed by atoms with van der Waals surface area (Å²) in [5.41, 5.74) is 3.22. The fourth-order valence-corrected chi connectivity index (χ4v) is 1.61. The quantitative estimate of drug-likeness (QED) is 0.726. The van der Waals surface area contributed by atoms with Crippen LogP contribution in [0.1, 0.15) is 35.3 Å². The number of Topliss-reactive ketones (excluding diaryl/α,β-unsaturated/α-hetero) is 1. The van der Waals surface area contributed by atoms with Crippen LogP contribution in [0.5, 0.6) is 0 Å². The van der Waals surface area contributed by atoms with Crippen molar-refractivity contribution in [2.75, 3.05) is 13.6 Å². The monoisotopic (exact) mass is 219 g/mol. The van der Waals surface area contributed by atoms with Gasteiger partial charge in [-0.1, -0.05) is 19.1 Å². The van der Waals surface area contributed by atoms with Gasteiger partial charge >= 0.3 is 0 Å². The van der Waals surface area contributed by atoms with Crippen molar-refractivity contribution < 1.29 is 4.79 Å². The van der Waals surface area contributed by atoms with Crippen LogP contribution >= 0.6 is 0 Å². The van der Waals surface area contributed by atoms with E-state index in [0.29, 0.717) is 0 Å². The van der Waals surface area contributed by atoms with E-state index in [0.717, 1.165) is 12.1 Å². The number of likely N-dealkylation sites (N-methyl/N-ethyl adjacent to an activating group) is 1. The zero-order valence-corrected chi connectivity index (χ0v) is 10.9. The molecule has 1 rings (SSSR count). The summed E-state index contributed by atoms with van der Waals surface area (Å²) in [5.74, 6) is 0.201. The second-order valence-corrected chi connectivity index (χ2v) is 4.41. The van der Waals surface area contributed by atoms with Crippen LogP contribution in [0.2, 0.25) is 0 Å². The van der Waals surface area contributed by atoms with Crippen LogP contribution in [0.15, 0.2) is 18.2 Å². The van der Waals surface area contributed by atoms with E-state index in [1.54, 1.807) is 0 Å². The van der Waals surface area contributed by atoms with E-state index in [2.05, 4.69) is 18.7 Å². The zero-order valence-electron chi connectivity index (χ0n) is 10.9. The van der Waals surface area contributed by atoms with Crippen molar-refractivity contribution in [3.05, 3.63) is 34.9 Å². The summed E-state index contributed by atoms with van der Waals surface area (Å²) in [6, 6.07) is 5.87. The Morgan fingerprint density at radius 3 is 2.44 bits per heavy atom. The van der Waals surface area contributed by atoms with Crippen molar-refractivity contribution in [1.29, 1.82) is 0 Å². The maximum absolute atomic E-state index is 12.2. The van der Waals surface area contributed by atoms with Gasteiger partial charge in [0.05, 0.1) is 6.04 Å². The van der Waals surface area contributed by atoms with Crippen LogP contribution in [0, 0.1) is 13.8 Å². The molecule has 16 heavy (non-hydrogen) atoms. The minimum absolute atomic E-state index is 0.0490. The van der Waals surface area contributed by atoms with Crippen molar-refractivity contribution in [1.82, 2.24) is 4.90 Å². The van der Waals surface area contributed by atoms with Gasteiger partial charge < -0.3 is 0 Å². The molecule has 2 heteroatoms. The lowest BCUT2D eigenvalue weighted by Crippen LogP contribution is -2.35. The molecule has 0 aliphatic carbocycles. The molecule has 1 atom stereocenters. The van der Waals surface area contributed by atoms with Gasteiger partial charge in [-0.25, -0.2) is 0 Å². The first kappa shape index (κ1) is 12.9. The molecule has 0 N–H and O–H groups in total. The first-order chi connectivity index (χ1) is 7.47. The van der Waals surface area contributed by atoms with Gasteiger partial charge in [-0.2, -0.15) is 0 Å². The minimum atomic E-state index is -0.0490. The molecular weight excluding hydrogens is 198 g/mol. The van der Waals surface area contributed by atoms with E-state index in [1.807, 2.05) is 39.1 Å². The molecule has 2 nitrogen and oxygen atoms in total. The fraction of sp³-hybridized carbons (Fsp3) is 0.500. The summed E-state index contributed by atoms with van der Waals surface area (Å²) >= 11 is 0. The van der Waals surface area contributed by atoms with Crippen LogP contribution in [-0.4, -0.2) is 30.3 Å². The normalized spacial score (nSPS) is 12.9. The molecule has 0 aromatic heterocycles. The van der Waals surface area contributed by atoms with Crippen LogP contribution in [0.3, 0.4) is 0 Å². The molecule has 0 aliphatic rings. The summed E-state index contributed by atoms with van der Waals surface area (Å²) in [6.07, 6.45) is 0. The number of benzene rings is 1. The number of rotatable bonds is 4. The molecule has 0 saturated carbocycles. The van der Waals surface area contributed by atoms with Crippen LogP contribution in [-0.2, 0) is 0 Å². The van der Waals surface area contributed by atoms with Gasteiger partial charge in [-0.3, -0.25) is 9.69 Å². The second kappa shape index (κ2) is 5.26. The third kappa shape index (κ3) is 2.70. The van der Waals surface area contributed by atoms with Gasteiger partial charge in [0, 0.05) is 5.56 Å². The van der Waals surface area contributed by atoms with E-state index < -0.39 is 0 Å². The predicted molar refractivity (Wildman–Crippen MR) is 68.0 cm³/mol. The molecule has 0 amide bonds. The molecule has 0 saturated heterocycles. The maximum Gasteiger partial charge on any atom is 0.179 e. The molecule has 0 aliphatic heterocycles. The first-order valence-corrected chi connectivity index (χ1v) is 5.79. The Balaban J connectivity index is 2.92. The summed E-state index contributed by atoms with van der Waals surface area (Å²) in [6.45, 7) is 9.01. The van der Waals surface area contributed by atoms with E-state index in [4.69, 9.17) is 0 Å². The zero-order chi connectivity index (χ0) is 12.3. The third-order valence-corrected chi connectivity index (χ3v) is 3.33. The standard InChI is InChI=1S/C14H21NO/c1-6-15(5)12(4)14(16)13-8-7-10(2)11(3)9-13/h7-9,12H,6H2,1-5H3. The molecule has 0 radical (unpaired) electrons. The highest BCUT2D eigenvalue weighted by Gasteiger charge is 2.18. The topological polar surface area (TPSA) is 20.3 Å². The van der Waals surface area contributed by atoms with Crippen molar-refractivity contribution in [3.8, 4) is 0 Å². The van der Waals surface area contributed by atoms with Gasteiger partial charge in [-0.15, -0.1) is 0 Å². The minimum Gasteiger partial charge on any atom is -0.297 e. The van der Waals surface area contributed by atoms with Crippen LogP contribution in [0.25, 0.3) is 0 Å². The molecule has 0 fully saturated rings. The summed E-state index contributed by atoms with van der Waals surface area (Å²) in [5, 5.41) is 0. The third-order valence-electron chi connectivity index (χ3n) is 3.33. The predicted octanol–water partition coefficient (Wildman–Crippen LogP) is 2.83. The first-order valence-electron chi connectivity index (χ1n) is 5.79. The van der Waals surface area contributed by atoms with Crippen LogP contribution < -0.4 is 0 Å². The lowest BCUT2D eigenvalue weighted by atomic mass is 10.00. The Labute approximate surface area is 98.3 Å². The molecule has 0 heterocycles. The summed E-state index contributed by atoms with van der Waals surface area (Å²) in [4.78, 5) is 14.2. The largest absolute Gasteiger partial charge is 0.297 e. The number of carbonyl (C=O) groups is 1. The SMILES string of the molecule is CCN(C)C(C)C(=O)c1ccc(C)c(C)c1. The van der Waals surface area contributed by atoms with Gasteiger partial charge in [-0.05, 0) is 51.6 Å². The fourth-order valence-electron chi connectivity index (χ4n) is 1.61. The number of aryl methyl sites for hydroxylation is 2. The lowest BCUT2D eigenvalue weighted by Gasteiger charge is -2.21. The number of hydrogen-bond donors (Lipinski definition) is 0. The van der Waals surface area contributed by atoms with Crippen LogP contribution in [0.4, 0.5) is 0 Å². The molecule has 0 bridgehead atoms. The van der Waals surface area contributed by atoms with Gasteiger partial charge in [0.15, 0.2) is 5.78 Å². The van der Waals surface area contributed by atoms with E-state index in [-0.39, 0.29) is 11.8 Å². The number of ketones is 1. The van der Waals surface area contributed by atoms with E-state index in [9.17, 15) is 4.79 Å². The molecule has 1 aromatic carbocycles. The summed E-state index contributed by atoms with van der Waals surface area (Å²) in [7, 11) is 1.98. The Morgan fingerprint density at radius 1 is 1.31 bits per heavy atom. The second-order valence-electron chi connectivity index (χ2n) is 4.41. The number of nitrogens with zero attached hydrogens (tertiary/aromatic N) is 1. The molecular formula is C14H21NO. The van der Waals surface area contributed by atoms with E-state index in [1.165, 1.54) is 11.1 Å². The average Bonchev–Trinajstić information content (AvgIpc) is 2.29. The maximum atomic E-state index is 12.2. The van der Waals surface area contributed by atoms with Crippen molar-refractivity contribution in [2.24, 2.45) is 0 Å². The van der Waals surface area contributed by atoms with Crippen molar-refractivity contribution in [2.45, 2.75) is 33.7 Å². The van der Waals surface area contributed by atoms with Crippen molar-refractivity contribution >= 4 is 5.78 Å². The number of hydrogen-bond acceptors (Lipinski definition) is 2. The molecule has 1 aromatic rings. The van der Waals surface area contributed by atoms with Crippen molar-refractivity contribution in [3.63, 3.8) is 0 Å². The average molecular weight is 219 g/mol.